The first-order valence-electron chi connectivity index (χ1n) is 10.4. The average molecular weight is 411 g/mol. The number of nitrogens with zero attached hydrogens (tertiary/aromatic N) is 1. The molecule has 5 nitrogen and oxygen atoms in total. The molecule has 3 aromatic carbocycles. The molecule has 5 heteroatoms. The van der Waals surface area contributed by atoms with Crippen molar-refractivity contribution >= 4 is 28.5 Å². The summed E-state index contributed by atoms with van der Waals surface area (Å²) in [6, 6.07) is 23.7. The number of guanidine groups is 1. The first-order chi connectivity index (χ1) is 15.1. The van der Waals surface area contributed by atoms with Crippen LogP contribution in [0.25, 0.3) is 10.9 Å². The lowest BCUT2D eigenvalue weighted by Gasteiger charge is -2.14. The molecule has 0 bridgehead atoms. The first-order valence-corrected chi connectivity index (χ1v) is 10.4. The summed E-state index contributed by atoms with van der Waals surface area (Å²) in [6.07, 6.45) is 2.79. The van der Waals surface area contributed by atoms with Crippen molar-refractivity contribution in [3.63, 3.8) is 0 Å². The lowest BCUT2D eigenvalue weighted by molar-refractivity contribution is 0.0977. The summed E-state index contributed by atoms with van der Waals surface area (Å²) < 4.78 is 0. The van der Waals surface area contributed by atoms with Gasteiger partial charge in [0.25, 0.3) is 5.91 Å². The molecule has 0 unspecified atom stereocenters. The number of hydrogen-bond acceptors (Lipinski definition) is 2. The summed E-state index contributed by atoms with van der Waals surface area (Å²) in [5, 5.41) is 7.44. The van der Waals surface area contributed by atoms with Crippen LogP contribution in [0, 0.1) is 13.8 Å². The Morgan fingerprint density at radius 1 is 0.968 bits per heavy atom. The van der Waals surface area contributed by atoms with Crippen LogP contribution < -0.4 is 10.6 Å². The summed E-state index contributed by atoms with van der Waals surface area (Å²) in [7, 11) is 0. The van der Waals surface area contributed by atoms with Gasteiger partial charge >= 0.3 is 0 Å². The Balaban J connectivity index is 1.53. The summed E-state index contributed by atoms with van der Waals surface area (Å²) in [4.78, 5) is 20.8. The topological polar surface area (TPSA) is 69.3 Å². The van der Waals surface area contributed by atoms with E-state index in [0.29, 0.717) is 18.1 Å². The van der Waals surface area contributed by atoms with Gasteiger partial charge in [-0.05, 0) is 55.7 Å². The van der Waals surface area contributed by atoms with Crippen LogP contribution in [0.15, 0.2) is 84.0 Å². The zero-order valence-corrected chi connectivity index (χ0v) is 17.8. The van der Waals surface area contributed by atoms with Gasteiger partial charge in [-0.15, -0.1) is 0 Å². The van der Waals surface area contributed by atoms with Crippen LogP contribution >= 0.6 is 0 Å². The number of fused-ring (bicyclic) bond motifs is 1. The number of H-pyrrole nitrogens is 1. The molecular weight excluding hydrogens is 384 g/mol. The van der Waals surface area contributed by atoms with Gasteiger partial charge < -0.3 is 10.3 Å². The van der Waals surface area contributed by atoms with E-state index in [4.69, 9.17) is 0 Å². The molecule has 31 heavy (non-hydrogen) atoms. The molecule has 4 rings (SSSR count). The highest BCUT2D eigenvalue weighted by Crippen LogP contribution is 2.18. The van der Waals surface area contributed by atoms with Gasteiger partial charge in [-0.2, -0.15) is 0 Å². The van der Waals surface area contributed by atoms with Crippen LogP contribution in [-0.2, 0) is 6.42 Å². The van der Waals surface area contributed by atoms with Gasteiger partial charge in [0.1, 0.15) is 0 Å². The van der Waals surface area contributed by atoms with Crippen LogP contribution in [0.1, 0.15) is 27.0 Å². The van der Waals surface area contributed by atoms with Gasteiger partial charge in [0, 0.05) is 34.9 Å². The quantitative estimate of drug-likeness (QED) is 0.312. The number of para-hydroxylation sites is 2. The van der Waals surface area contributed by atoms with Crippen LogP contribution in [0.2, 0.25) is 0 Å². The normalized spacial score (nSPS) is 11.5. The number of rotatable bonds is 5. The van der Waals surface area contributed by atoms with Crippen LogP contribution in [0.5, 0.6) is 0 Å². The maximum atomic E-state index is 12.8. The molecule has 1 heterocycles. The first kappa shape index (κ1) is 20.4. The van der Waals surface area contributed by atoms with Gasteiger partial charge in [-0.1, -0.05) is 54.1 Å². The van der Waals surface area contributed by atoms with Gasteiger partial charge in [0.15, 0.2) is 0 Å². The number of anilines is 1. The molecule has 1 aromatic heterocycles. The Hall–Kier alpha value is -3.86. The van der Waals surface area contributed by atoms with E-state index in [1.807, 2.05) is 74.6 Å². The van der Waals surface area contributed by atoms with Gasteiger partial charge in [-0.3, -0.25) is 15.1 Å². The number of benzene rings is 3. The third-order valence-corrected chi connectivity index (χ3v) is 5.24. The van der Waals surface area contributed by atoms with E-state index < -0.39 is 0 Å². The number of aromatic amines is 1. The highest BCUT2D eigenvalue weighted by atomic mass is 16.1. The SMILES string of the molecule is Cc1cccc(C(=O)NC(=NCCc2c[nH]c3ccccc23)Nc2ccccc2C)c1. The van der Waals surface area contributed by atoms with Gasteiger partial charge in [0.2, 0.25) is 5.96 Å². The number of hydrogen-bond donors (Lipinski definition) is 3. The van der Waals surface area contributed by atoms with Crippen LogP contribution in [0.4, 0.5) is 5.69 Å². The van der Waals surface area contributed by atoms with Crippen molar-refractivity contribution in [1.82, 2.24) is 10.3 Å². The zero-order valence-electron chi connectivity index (χ0n) is 17.8. The fourth-order valence-electron chi connectivity index (χ4n) is 3.54. The Morgan fingerprint density at radius 2 is 1.77 bits per heavy atom. The molecular formula is C26H26N4O. The third kappa shape index (κ3) is 5.01. The van der Waals surface area contributed by atoms with E-state index in [0.717, 1.165) is 28.8 Å². The Labute approximate surface area is 182 Å². The molecule has 4 aromatic rings. The molecule has 0 aliphatic rings. The number of aromatic nitrogens is 1. The highest BCUT2D eigenvalue weighted by Gasteiger charge is 2.11. The lowest BCUT2D eigenvalue weighted by atomic mass is 10.1. The van der Waals surface area contributed by atoms with Crippen molar-refractivity contribution in [2.45, 2.75) is 20.3 Å². The van der Waals surface area contributed by atoms with E-state index in [1.165, 1.54) is 10.9 Å². The second-order valence-corrected chi connectivity index (χ2v) is 7.60. The van der Waals surface area contributed by atoms with Crippen molar-refractivity contribution < 1.29 is 4.79 Å². The monoisotopic (exact) mass is 410 g/mol. The molecule has 3 N–H and O–H groups in total. The number of aryl methyl sites for hydroxylation is 2. The maximum Gasteiger partial charge on any atom is 0.257 e. The minimum absolute atomic E-state index is 0.185. The van der Waals surface area contributed by atoms with Crippen molar-refractivity contribution in [3.8, 4) is 0 Å². The molecule has 0 saturated heterocycles. The fourth-order valence-corrected chi connectivity index (χ4v) is 3.54. The average Bonchev–Trinajstić information content (AvgIpc) is 3.18. The summed E-state index contributed by atoms with van der Waals surface area (Å²) in [6.45, 7) is 4.54. The predicted octanol–water partition coefficient (Wildman–Crippen LogP) is 5.23. The van der Waals surface area contributed by atoms with E-state index in [2.05, 4.69) is 32.7 Å². The van der Waals surface area contributed by atoms with Crippen LogP contribution in [0.3, 0.4) is 0 Å². The largest absolute Gasteiger partial charge is 0.361 e. The minimum atomic E-state index is -0.185. The van der Waals surface area contributed by atoms with E-state index in [-0.39, 0.29) is 5.91 Å². The number of amides is 1. The molecule has 156 valence electrons. The fraction of sp³-hybridized carbons (Fsp3) is 0.154. The summed E-state index contributed by atoms with van der Waals surface area (Å²) >= 11 is 0. The van der Waals surface area contributed by atoms with Crippen molar-refractivity contribution in [3.05, 3.63) is 101 Å². The highest BCUT2D eigenvalue weighted by molar-refractivity contribution is 6.10. The Kier molecular flexibility index (Phi) is 6.13. The second kappa shape index (κ2) is 9.30. The lowest BCUT2D eigenvalue weighted by Crippen LogP contribution is -2.36. The molecule has 0 aliphatic carbocycles. The van der Waals surface area contributed by atoms with Crippen molar-refractivity contribution in [1.29, 1.82) is 0 Å². The Bertz CT molecular complexity index is 1240. The van der Waals surface area contributed by atoms with E-state index in [1.54, 1.807) is 6.07 Å². The van der Waals surface area contributed by atoms with Crippen LogP contribution in [-0.4, -0.2) is 23.4 Å². The van der Waals surface area contributed by atoms with Crippen molar-refractivity contribution in [2.75, 3.05) is 11.9 Å². The summed E-state index contributed by atoms with van der Waals surface area (Å²) in [5.41, 5.74) is 5.97. The molecule has 0 fully saturated rings. The number of nitrogens with one attached hydrogen (secondary N) is 3. The number of carbonyl (C=O) groups is 1. The van der Waals surface area contributed by atoms with Crippen molar-refractivity contribution in [2.24, 2.45) is 4.99 Å². The summed E-state index contributed by atoms with van der Waals surface area (Å²) in [5.74, 6) is 0.260. The van der Waals surface area contributed by atoms with E-state index >= 15 is 0 Å². The maximum absolute atomic E-state index is 12.8. The van der Waals surface area contributed by atoms with E-state index in [9.17, 15) is 4.79 Å². The molecule has 0 spiro atoms. The van der Waals surface area contributed by atoms with Gasteiger partial charge in [0.05, 0.1) is 0 Å². The molecule has 0 saturated carbocycles. The molecule has 0 atom stereocenters. The zero-order chi connectivity index (χ0) is 21.6. The number of carbonyl (C=O) groups excluding carboxylic acids is 1. The molecule has 0 radical (unpaired) electrons. The smallest absolute Gasteiger partial charge is 0.257 e. The minimum Gasteiger partial charge on any atom is -0.361 e. The Morgan fingerprint density at radius 3 is 2.61 bits per heavy atom. The second-order valence-electron chi connectivity index (χ2n) is 7.60. The molecule has 0 aliphatic heterocycles. The third-order valence-electron chi connectivity index (χ3n) is 5.24. The van der Waals surface area contributed by atoms with Gasteiger partial charge in [-0.25, -0.2) is 0 Å². The standard InChI is InChI=1S/C26H26N4O/c1-18-8-7-10-20(16-18)25(31)30-26(29-23-12-5-3-9-19(23)2)27-15-14-21-17-28-24-13-6-4-11-22(21)24/h3-13,16-17,28H,14-15H2,1-2H3,(H2,27,29,30,31). The number of aliphatic imine (C=N–C) groups is 1. The predicted molar refractivity (Wildman–Crippen MR) is 128 cm³/mol. The molecule has 1 amide bonds.